The first-order valence-corrected chi connectivity index (χ1v) is 9.36. The third-order valence-corrected chi connectivity index (χ3v) is 4.75. The van der Waals surface area contributed by atoms with Gasteiger partial charge in [-0.1, -0.05) is 6.07 Å². The highest BCUT2D eigenvalue weighted by atomic mass is 16.5. The van der Waals surface area contributed by atoms with Crippen molar-refractivity contribution in [3.05, 3.63) is 23.8 Å². The van der Waals surface area contributed by atoms with E-state index in [4.69, 9.17) is 9.47 Å². The summed E-state index contributed by atoms with van der Waals surface area (Å²) in [7, 11) is 1.47. The monoisotopic (exact) mass is 377 g/mol. The Morgan fingerprint density at radius 3 is 2.70 bits per heavy atom. The van der Waals surface area contributed by atoms with Crippen LogP contribution in [0.25, 0.3) is 0 Å². The van der Waals surface area contributed by atoms with Crippen molar-refractivity contribution < 1.29 is 19.1 Å². The molecule has 1 aromatic carbocycles. The molecule has 1 aliphatic heterocycles. The molecule has 1 saturated heterocycles. The second-order valence-electron chi connectivity index (χ2n) is 7.48. The van der Waals surface area contributed by atoms with Crippen molar-refractivity contribution in [1.29, 1.82) is 0 Å². The van der Waals surface area contributed by atoms with Crippen LogP contribution in [-0.4, -0.2) is 55.3 Å². The van der Waals surface area contributed by atoms with E-state index in [9.17, 15) is 9.59 Å². The van der Waals surface area contributed by atoms with Crippen molar-refractivity contribution in [2.45, 2.75) is 52.2 Å². The largest absolute Gasteiger partial charge is 0.375 e. The lowest BCUT2D eigenvalue weighted by Crippen LogP contribution is -2.49. The molecule has 0 aromatic heterocycles. The predicted octanol–water partition coefficient (Wildman–Crippen LogP) is 3.39. The number of amides is 3. The molecule has 0 saturated carbocycles. The number of carbonyl (C=O) groups excluding carboxylic acids is 2. The van der Waals surface area contributed by atoms with Gasteiger partial charge in [0, 0.05) is 37.7 Å². The number of hydrogen-bond donors (Lipinski definition) is 2. The van der Waals surface area contributed by atoms with Crippen molar-refractivity contribution in [2.75, 3.05) is 37.5 Å². The number of urea groups is 1. The first kappa shape index (κ1) is 21.2. The van der Waals surface area contributed by atoms with Gasteiger partial charge in [-0.2, -0.15) is 0 Å². The summed E-state index contributed by atoms with van der Waals surface area (Å²) in [5.41, 5.74) is 2.00. The lowest BCUT2D eigenvalue weighted by Gasteiger charge is -2.40. The number of anilines is 2. The summed E-state index contributed by atoms with van der Waals surface area (Å²) in [6, 6.07) is 5.44. The number of nitrogens with zero attached hydrogens (tertiary/aromatic N) is 1. The number of hydrogen-bond acceptors (Lipinski definition) is 4. The molecule has 3 amide bonds. The summed E-state index contributed by atoms with van der Waals surface area (Å²) in [6.45, 7) is 9.28. The van der Waals surface area contributed by atoms with E-state index in [1.807, 2.05) is 24.8 Å². The van der Waals surface area contributed by atoms with E-state index in [0.29, 0.717) is 24.5 Å². The average molecular weight is 377 g/mol. The van der Waals surface area contributed by atoms with E-state index in [1.165, 1.54) is 7.11 Å². The number of nitrogens with one attached hydrogen (secondary N) is 2. The lowest BCUT2D eigenvalue weighted by molar-refractivity contribution is -0.119. The summed E-state index contributed by atoms with van der Waals surface area (Å²) in [5.74, 6) is -0.238. The van der Waals surface area contributed by atoms with Gasteiger partial charge in [0.2, 0.25) is 5.91 Å². The van der Waals surface area contributed by atoms with Crippen molar-refractivity contribution in [3.63, 3.8) is 0 Å². The molecule has 1 atom stereocenters. The van der Waals surface area contributed by atoms with Gasteiger partial charge in [0.15, 0.2) is 0 Å². The predicted molar refractivity (Wildman–Crippen MR) is 106 cm³/mol. The molecule has 2 N–H and O–H groups in total. The van der Waals surface area contributed by atoms with E-state index >= 15 is 0 Å². The van der Waals surface area contributed by atoms with Gasteiger partial charge in [-0.25, -0.2) is 4.79 Å². The fourth-order valence-corrected chi connectivity index (χ4v) is 3.38. The molecule has 1 fully saturated rings. The van der Waals surface area contributed by atoms with Crippen molar-refractivity contribution >= 4 is 23.3 Å². The topological polar surface area (TPSA) is 79.9 Å². The van der Waals surface area contributed by atoms with Gasteiger partial charge in [-0.05, 0) is 58.2 Å². The Hall–Kier alpha value is -2.12. The number of benzene rings is 1. The molecule has 1 aromatic rings. The number of rotatable bonds is 6. The van der Waals surface area contributed by atoms with E-state index in [-0.39, 0.29) is 30.2 Å². The summed E-state index contributed by atoms with van der Waals surface area (Å²) in [6.07, 6.45) is 1.64. The Kier molecular flexibility index (Phi) is 7.21. The minimum atomic E-state index is -0.238. The Morgan fingerprint density at radius 2 is 2.07 bits per heavy atom. The molecule has 2 rings (SSSR count). The average Bonchev–Trinajstić information content (AvgIpc) is 2.58. The molecular weight excluding hydrogens is 346 g/mol. The maximum atomic E-state index is 12.9. The molecule has 27 heavy (non-hydrogen) atoms. The van der Waals surface area contributed by atoms with E-state index in [0.717, 1.165) is 18.4 Å². The molecule has 7 nitrogen and oxygen atoms in total. The van der Waals surface area contributed by atoms with Crippen LogP contribution in [0.1, 0.15) is 39.2 Å². The van der Waals surface area contributed by atoms with Gasteiger partial charge in [0.1, 0.15) is 6.61 Å². The van der Waals surface area contributed by atoms with Crippen LogP contribution in [-0.2, 0) is 14.3 Å². The van der Waals surface area contributed by atoms with Crippen LogP contribution in [0.4, 0.5) is 16.2 Å². The van der Waals surface area contributed by atoms with Gasteiger partial charge >= 0.3 is 6.03 Å². The fraction of sp³-hybridized carbons (Fsp3) is 0.600. The summed E-state index contributed by atoms with van der Waals surface area (Å²) in [4.78, 5) is 26.5. The maximum Gasteiger partial charge on any atom is 0.322 e. The highest BCUT2D eigenvalue weighted by molar-refractivity contribution is 5.94. The first-order chi connectivity index (χ1) is 12.8. The standard InChI is InChI=1S/C20H31N3O4/c1-6-23(16-9-10-27-20(3,4)12-16)19(25)22-17-11-15(8-7-14(17)2)21-18(24)13-26-5/h7-8,11,16H,6,9-10,12-13H2,1-5H3,(H,21,24)(H,22,25)/t16-/m0/s1. The van der Waals surface area contributed by atoms with Gasteiger partial charge in [-0.15, -0.1) is 0 Å². The number of aryl methyl sites for hydroxylation is 1. The molecule has 0 unspecified atom stereocenters. The zero-order valence-electron chi connectivity index (χ0n) is 16.9. The molecule has 0 radical (unpaired) electrons. The van der Waals surface area contributed by atoms with Gasteiger partial charge < -0.3 is 25.0 Å². The summed E-state index contributed by atoms with van der Waals surface area (Å²) >= 11 is 0. The first-order valence-electron chi connectivity index (χ1n) is 9.36. The van der Waals surface area contributed by atoms with Gasteiger partial charge in [0.05, 0.1) is 5.60 Å². The highest BCUT2D eigenvalue weighted by Crippen LogP contribution is 2.28. The molecule has 150 valence electrons. The molecule has 1 aliphatic rings. The summed E-state index contributed by atoms with van der Waals surface area (Å²) in [5, 5.41) is 5.75. The number of methoxy groups -OCH3 is 1. The third-order valence-electron chi connectivity index (χ3n) is 4.75. The van der Waals surface area contributed by atoms with Crippen molar-refractivity contribution in [3.8, 4) is 0 Å². The molecule has 0 aliphatic carbocycles. The lowest BCUT2D eigenvalue weighted by atomic mass is 9.93. The molecule has 0 bridgehead atoms. The minimum absolute atomic E-state index is 0.0152. The van der Waals surface area contributed by atoms with E-state index < -0.39 is 0 Å². The summed E-state index contributed by atoms with van der Waals surface area (Å²) < 4.78 is 10.6. The van der Waals surface area contributed by atoms with Crippen LogP contribution < -0.4 is 10.6 Å². The Bertz CT molecular complexity index is 675. The van der Waals surface area contributed by atoms with Crippen LogP contribution in [0, 0.1) is 6.92 Å². The normalized spacial score (nSPS) is 18.6. The van der Waals surface area contributed by atoms with Crippen molar-refractivity contribution in [2.24, 2.45) is 0 Å². The van der Waals surface area contributed by atoms with E-state index in [2.05, 4.69) is 24.5 Å². The van der Waals surface area contributed by atoms with Crippen LogP contribution in [0.2, 0.25) is 0 Å². The Morgan fingerprint density at radius 1 is 1.33 bits per heavy atom. The molecule has 7 heteroatoms. The zero-order valence-corrected chi connectivity index (χ0v) is 16.9. The highest BCUT2D eigenvalue weighted by Gasteiger charge is 2.33. The fourth-order valence-electron chi connectivity index (χ4n) is 3.38. The number of ether oxygens (including phenoxy) is 2. The molecule has 1 heterocycles. The van der Waals surface area contributed by atoms with Crippen LogP contribution in [0.15, 0.2) is 18.2 Å². The quantitative estimate of drug-likeness (QED) is 0.796. The second-order valence-corrected chi connectivity index (χ2v) is 7.48. The third kappa shape index (κ3) is 5.94. The second kappa shape index (κ2) is 9.19. The smallest absolute Gasteiger partial charge is 0.322 e. The van der Waals surface area contributed by atoms with Crippen LogP contribution in [0.5, 0.6) is 0 Å². The SMILES string of the molecule is CCN(C(=O)Nc1cc(NC(=O)COC)ccc1C)[C@H]1CCOC(C)(C)C1. The molecule has 0 spiro atoms. The maximum absolute atomic E-state index is 12.9. The Balaban J connectivity index is 2.09. The molecular formula is C20H31N3O4. The van der Waals surface area contributed by atoms with Crippen LogP contribution >= 0.6 is 0 Å². The Labute approximate surface area is 161 Å². The van der Waals surface area contributed by atoms with Gasteiger partial charge in [-0.3, -0.25) is 4.79 Å². The van der Waals surface area contributed by atoms with E-state index in [1.54, 1.807) is 12.1 Å². The minimum Gasteiger partial charge on any atom is -0.375 e. The number of carbonyl (C=O) groups is 2. The van der Waals surface area contributed by atoms with Crippen molar-refractivity contribution in [1.82, 2.24) is 4.90 Å². The van der Waals surface area contributed by atoms with Crippen LogP contribution in [0.3, 0.4) is 0 Å². The van der Waals surface area contributed by atoms with Gasteiger partial charge in [0.25, 0.3) is 0 Å². The zero-order chi connectivity index (χ0) is 20.0.